The van der Waals surface area contributed by atoms with E-state index in [1.807, 2.05) is 0 Å². The summed E-state index contributed by atoms with van der Waals surface area (Å²) in [4.78, 5) is 13.5. The number of carbonyl (C=O) groups excluding carboxylic acids is 1. The van der Waals surface area contributed by atoms with Gasteiger partial charge in [0, 0.05) is 7.05 Å². The Kier molecular flexibility index (Phi) is 3.78. The highest BCUT2D eigenvalue weighted by Crippen LogP contribution is 2.16. The molecular formula is C10H16N2O. The number of terminal acetylenes is 1. The molecule has 0 spiro atoms. The molecule has 1 unspecified atom stereocenters. The Hall–Kier alpha value is -1.01. The SMILES string of the molecule is C#CCN1CCCCC1C(=O)NC. The van der Waals surface area contributed by atoms with E-state index in [2.05, 4.69) is 16.1 Å². The average Bonchev–Trinajstić information content (AvgIpc) is 2.18. The summed E-state index contributed by atoms with van der Waals surface area (Å²) in [6.45, 7) is 1.53. The fraction of sp³-hybridized carbons (Fsp3) is 0.700. The van der Waals surface area contributed by atoms with E-state index in [0.29, 0.717) is 6.54 Å². The van der Waals surface area contributed by atoms with Gasteiger partial charge in [0.25, 0.3) is 0 Å². The van der Waals surface area contributed by atoms with E-state index < -0.39 is 0 Å². The summed E-state index contributed by atoms with van der Waals surface area (Å²) in [5.41, 5.74) is 0. The van der Waals surface area contributed by atoms with Gasteiger partial charge in [0.1, 0.15) is 0 Å². The first-order chi connectivity index (χ1) is 6.29. The van der Waals surface area contributed by atoms with Crippen LogP contribution in [0.1, 0.15) is 19.3 Å². The second kappa shape index (κ2) is 4.88. The summed E-state index contributed by atoms with van der Waals surface area (Å²) < 4.78 is 0. The van der Waals surface area contributed by atoms with Gasteiger partial charge in [-0.15, -0.1) is 6.42 Å². The molecule has 0 bridgehead atoms. The predicted octanol–water partition coefficient (Wildman–Crippen LogP) is 0.220. The van der Waals surface area contributed by atoms with Crippen LogP contribution in [0.5, 0.6) is 0 Å². The molecule has 0 radical (unpaired) electrons. The van der Waals surface area contributed by atoms with E-state index in [1.54, 1.807) is 7.05 Å². The van der Waals surface area contributed by atoms with Gasteiger partial charge in [-0.1, -0.05) is 12.3 Å². The van der Waals surface area contributed by atoms with E-state index >= 15 is 0 Å². The van der Waals surface area contributed by atoms with E-state index in [1.165, 1.54) is 0 Å². The maximum Gasteiger partial charge on any atom is 0.237 e. The van der Waals surface area contributed by atoms with Crippen molar-refractivity contribution in [2.45, 2.75) is 25.3 Å². The number of likely N-dealkylation sites (N-methyl/N-ethyl adjacent to an activating group) is 1. The molecule has 72 valence electrons. The average molecular weight is 180 g/mol. The lowest BCUT2D eigenvalue weighted by atomic mass is 10.0. The maximum absolute atomic E-state index is 11.4. The molecule has 13 heavy (non-hydrogen) atoms. The van der Waals surface area contributed by atoms with Crippen LogP contribution in [0.3, 0.4) is 0 Å². The van der Waals surface area contributed by atoms with Gasteiger partial charge in [0.2, 0.25) is 5.91 Å². The zero-order chi connectivity index (χ0) is 9.68. The lowest BCUT2D eigenvalue weighted by Crippen LogP contribution is -2.48. The monoisotopic (exact) mass is 180 g/mol. The molecule has 1 aliphatic heterocycles. The van der Waals surface area contributed by atoms with Gasteiger partial charge in [-0.2, -0.15) is 0 Å². The van der Waals surface area contributed by atoms with Gasteiger partial charge in [-0.3, -0.25) is 9.69 Å². The van der Waals surface area contributed by atoms with Gasteiger partial charge in [0.05, 0.1) is 12.6 Å². The molecule has 1 heterocycles. The molecule has 3 heteroatoms. The fourth-order valence-electron chi connectivity index (χ4n) is 1.76. The molecule has 1 amide bonds. The zero-order valence-electron chi connectivity index (χ0n) is 8.05. The summed E-state index contributed by atoms with van der Waals surface area (Å²) in [6, 6.07) is -0.00481. The van der Waals surface area contributed by atoms with E-state index in [4.69, 9.17) is 6.42 Å². The second-order valence-corrected chi connectivity index (χ2v) is 3.30. The van der Waals surface area contributed by atoms with E-state index in [-0.39, 0.29) is 11.9 Å². The van der Waals surface area contributed by atoms with Gasteiger partial charge >= 0.3 is 0 Å². The molecule has 0 aromatic carbocycles. The first-order valence-corrected chi connectivity index (χ1v) is 4.68. The van der Waals surface area contributed by atoms with Crippen molar-refractivity contribution in [3.05, 3.63) is 0 Å². The number of nitrogens with one attached hydrogen (secondary N) is 1. The van der Waals surface area contributed by atoms with E-state index in [9.17, 15) is 4.79 Å². The van der Waals surface area contributed by atoms with Crippen molar-refractivity contribution in [1.82, 2.24) is 10.2 Å². The van der Waals surface area contributed by atoms with Crippen molar-refractivity contribution in [1.29, 1.82) is 0 Å². The smallest absolute Gasteiger partial charge is 0.237 e. The third-order valence-corrected chi connectivity index (χ3v) is 2.46. The van der Waals surface area contributed by atoms with Crippen LogP contribution in [0.4, 0.5) is 0 Å². The molecule has 1 atom stereocenters. The van der Waals surface area contributed by atoms with Crippen LogP contribution in [0.15, 0.2) is 0 Å². The summed E-state index contributed by atoms with van der Waals surface area (Å²) >= 11 is 0. The van der Waals surface area contributed by atoms with Crippen molar-refractivity contribution in [2.75, 3.05) is 20.1 Å². The largest absolute Gasteiger partial charge is 0.358 e. The van der Waals surface area contributed by atoms with Gasteiger partial charge in [-0.05, 0) is 19.4 Å². The molecule has 1 aliphatic rings. The van der Waals surface area contributed by atoms with Crippen molar-refractivity contribution in [2.24, 2.45) is 0 Å². The molecule has 0 aromatic heterocycles. The molecule has 0 saturated carbocycles. The predicted molar refractivity (Wildman–Crippen MR) is 52.1 cm³/mol. The first kappa shape index (κ1) is 10.1. The molecule has 1 saturated heterocycles. The van der Waals surface area contributed by atoms with Gasteiger partial charge in [0.15, 0.2) is 0 Å². The van der Waals surface area contributed by atoms with Gasteiger partial charge in [-0.25, -0.2) is 0 Å². The number of likely N-dealkylation sites (tertiary alicyclic amines) is 1. The number of amides is 1. The minimum Gasteiger partial charge on any atom is -0.358 e. The fourth-order valence-corrected chi connectivity index (χ4v) is 1.76. The summed E-state index contributed by atoms with van der Waals surface area (Å²) in [6.07, 6.45) is 8.44. The minimum absolute atomic E-state index is 0.00481. The van der Waals surface area contributed by atoms with Crippen molar-refractivity contribution in [3.8, 4) is 12.3 Å². The number of hydrogen-bond donors (Lipinski definition) is 1. The van der Waals surface area contributed by atoms with Crippen LogP contribution in [-0.4, -0.2) is 37.0 Å². The molecular weight excluding hydrogens is 164 g/mol. The topological polar surface area (TPSA) is 32.3 Å². The van der Waals surface area contributed by atoms with Crippen LogP contribution < -0.4 is 5.32 Å². The van der Waals surface area contributed by atoms with Crippen molar-refractivity contribution < 1.29 is 4.79 Å². The molecule has 3 nitrogen and oxygen atoms in total. The van der Waals surface area contributed by atoms with E-state index in [0.717, 1.165) is 25.8 Å². The molecule has 1 N–H and O–H groups in total. The van der Waals surface area contributed by atoms with Gasteiger partial charge < -0.3 is 5.32 Å². The van der Waals surface area contributed by atoms with Crippen molar-refractivity contribution >= 4 is 5.91 Å². The van der Waals surface area contributed by atoms with Crippen LogP contribution in [0.25, 0.3) is 0 Å². The summed E-state index contributed by atoms with van der Waals surface area (Å²) in [7, 11) is 1.67. The number of hydrogen-bond acceptors (Lipinski definition) is 2. The van der Waals surface area contributed by atoms with Crippen LogP contribution in [-0.2, 0) is 4.79 Å². The zero-order valence-corrected chi connectivity index (χ0v) is 8.05. The minimum atomic E-state index is -0.00481. The molecule has 1 rings (SSSR count). The highest BCUT2D eigenvalue weighted by Gasteiger charge is 2.26. The normalized spacial score (nSPS) is 23.5. The Balaban J connectivity index is 2.57. The van der Waals surface area contributed by atoms with Crippen LogP contribution in [0.2, 0.25) is 0 Å². The Morgan fingerprint density at radius 3 is 3.08 bits per heavy atom. The molecule has 0 aromatic rings. The number of nitrogens with zero attached hydrogens (tertiary/aromatic N) is 1. The quantitative estimate of drug-likeness (QED) is 0.617. The Labute approximate surface area is 79.5 Å². The van der Waals surface area contributed by atoms with Crippen molar-refractivity contribution in [3.63, 3.8) is 0 Å². The Morgan fingerprint density at radius 1 is 1.69 bits per heavy atom. The Morgan fingerprint density at radius 2 is 2.46 bits per heavy atom. The molecule has 0 aliphatic carbocycles. The standard InChI is InChI=1S/C10H16N2O/c1-3-7-12-8-5-4-6-9(12)10(13)11-2/h1,9H,4-8H2,2H3,(H,11,13). The summed E-state index contributed by atoms with van der Waals surface area (Å²) in [5.74, 6) is 2.68. The lowest BCUT2D eigenvalue weighted by Gasteiger charge is -2.32. The van der Waals surface area contributed by atoms with Crippen LogP contribution >= 0.6 is 0 Å². The highest BCUT2D eigenvalue weighted by molar-refractivity contribution is 5.81. The number of rotatable bonds is 2. The lowest BCUT2D eigenvalue weighted by molar-refractivity contribution is -0.126. The molecule has 1 fully saturated rings. The maximum atomic E-state index is 11.4. The van der Waals surface area contributed by atoms with Crippen LogP contribution in [0, 0.1) is 12.3 Å². The second-order valence-electron chi connectivity index (χ2n) is 3.30. The summed E-state index contributed by atoms with van der Waals surface area (Å²) in [5, 5.41) is 2.67. The Bertz CT molecular complexity index is 219. The third kappa shape index (κ3) is 2.46. The third-order valence-electron chi connectivity index (χ3n) is 2.46. The number of piperidine rings is 1. The highest BCUT2D eigenvalue weighted by atomic mass is 16.2. The first-order valence-electron chi connectivity index (χ1n) is 4.68. The number of carbonyl (C=O) groups is 1.